The van der Waals surface area contributed by atoms with Crippen molar-refractivity contribution in [1.29, 1.82) is 0 Å². The number of carboxylic acid groups (broad SMARTS) is 1. The van der Waals surface area contributed by atoms with Crippen molar-refractivity contribution in [2.24, 2.45) is 0 Å². The Kier molecular flexibility index (Phi) is 31.3. The molecule has 2 amide bonds. The number of unbranched alkanes of at least 4 members (excludes halogenated alkanes) is 17. The zero-order valence-corrected chi connectivity index (χ0v) is 29.8. The quantitative estimate of drug-likeness (QED) is 0.0316. The molecule has 0 rings (SSSR count). The highest BCUT2D eigenvalue weighted by Gasteiger charge is 2.18. The Labute approximate surface area is 285 Å². The Balaban J connectivity index is 4.22. The lowest BCUT2D eigenvalue weighted by atomic mass is 10.1. The number of rotatable bonds is 33. The van der Waals surface area contributed by atoms with Gasteiger partial charge in [-0.1, -0.05) is 109 Å². The van der Waals surface area contributed by atoms with Gasteiger partial charge >= 0.3 is 11.9 Å². The zero-order chi connectivity index (χ0) is 34.8. The Morgan fingerprint density at radius 2 is 1.15 bits per heavy atom. The van der Waals surface area contributed by atoms with Crippen LogP contribution in [0.25, 0.3) is 0 Å². The van der Waals surface area contributed by atoms with Gasteiger partial charge in [0.1, 0.15) is 12.1 Å². The number of ether oxygens (including phenoxy) is 1. The van der Waals surface area contributed by atoms with Crippen molar-refractivity contribution in [3.8, 4) is 0 Å². The van der Waals surface area contributed by atoms with Crippen LogP contribution in [0.1, 0.15) is 168 Å². The second-order valence-corrected chi connectivity index (χ2v) is 12.7. The van der Waals surface area contributed by atoms with Crippen LogP contribution in [0.3, 0.4) is 0 Å². The summed E-state index contributed by atoms with van der Waals surface area (Å²) in [4.78, 5) is 47.2. The highest BCUT2D eigenvalue weighted by atomic mass is 16.5. The number of aliphatic carboxylic acids is 1. The minimum atomic E-state index is -1.39. The lowest BCUT2D eigenvalue weighted by Gasteiger charge is -2.15. The van der Waals surface area contributed by atoms with Crippen molar-refractivity contribution >= 4 is 23.8 Å². The van der Waals surface area contributed by atoms with Crippen molar-refractivity contribution in [3.63, 3.8) is 0 Å². The second-order valence-electron chi connectivity index (χ2n) is 12.7. The van der Waals surface area contributed by atoms with E-state index in [9.17, 15) is 19.2 Å². The first-order valence-corrected chi connectivity index (χ1v) is 18.7. The number of aliphatic hydroxyl groups excluding tert-OH is 1. The first-order valence-electron chi connectivity index (χ1n) is 18.7. The number of carbonyl (C=O) groups is 4. The summed E-state index contributed by atoms with van der Waals surface area (Å²) in [6, 6.07) is -1.39. The topological polar surface area (TPSA) is 142 Å². The Morgan fingerprint density at radius 3 is 1.74 bits per heavy atom. The molecule has 0 aliphatic rings. The van der Waals surface area contributed by atoms with Gasteiger partial charge in [-0.3, -0.25) is 14.4 Å². The number of hydrogen-bond acceptors (Lipinski definition) is 6. The molecule has 47 heavy (non-hydrogen) atoms. The highest BCUT2D eigenvalue weighted by Crippen LogP contribution is 2.15. The number of allylic oxidation sites excluding steroid dienone is 3. The molecule has 0 saturated carbocycles. The summed E-state index contributed by atoms with van der Waals surface area (Å²) >= 11 is 0. The molecule has 0 radical (unpaired) electrons. The summed E-state index contributed by atoms with van der Waals surface area (Å²) < 4.78 is 5.85. The molecule has 9 heteroatoms. The molecule has 0 aromatic rings. The number of esters is 1. The fraction of sp³-hybridized carbons (Fsp3) is 0.789. The number of carboxylic acids is 1. The maximum absolute atomic E-state index is 12.6. The smallest absolute Gasteiger partial charge is 0.328 e. The van der Waals surface area contributed by atoms with E-state index in [0.29, 0.717) is 12.8 Å². The largest absolute Gasteiger partial charge is 0.480 e. The van der Waals surface area contributed by atoms with Crippen LogP contribution in [0, 0.1) is 0 Å². The van der Waals surface area contributed by atoms with E-state index in [0.717, 1.165) is 64.2 Å². The molecular weight excluding hydrogens is 596 g/mol. The van der Waals surface area contributed by atoms with Crippen LogP contribution in [0.5, 0.6) is 0 Å². The van der Waals surface area contributed by atoms with Gasteiger partial charge in [-0.2, -0.15) is 0 Å². The van der Waals surface area contributed by atoms with Crippen LogP contribution < -0.4 is 10.6 Å². The number of hydrogen-bond donors (Lipinski definition) is 4. The van der Waals surface area contributed by atoms with Crippen LogP contribution in [0.2, 0.25) is 0 Å². The molecule has 2 unspecified atom stereocenters. The summed E-state index contributed by atoms with van der Waals surface area (Å²) in [6.07, 6.45) is 33.7. The lowest BCUT2D eigenvalue weighted by molar-refractivity contribution is -0.147. The van der Waals surface area contributed by atoms with E-state index in [-0.39, 0.29) is 30.9 Å². The van der Waals surface area contributed by atoms with Crippen LogP contribution in [0.4, 0.5) is 0 Å². The maximum atomic E-state index is 12.6. The SMILES string of the molecule is CCCCCC/C=C\C(CCCCCCC(=O)NCC(=O)NC(CO)C(=O)O)OC(=O)CCCCCCC/C=C\CCCCCCC. The molecule has 0 spiro atoms. The van der Waals surface area contributed by atoms with Gasteiger partial charge in [0.15, 0.2) is 0 Å². The van der Waals surface area contributed by atoms with Crippen molar-refractivity contribution in [3.05, 3.63) is 24.3 Å². The van der Waals surface area contributed by atoms with Crippen molar-refractivity contribution in [2.75, 3.05) is 13.2 Å². The first-order chi connectivity index (χ1) is 22.8. The van der Waals surface area contributed by atoms with Gasteiger partial charge in [0.2, 0.25) is 11.8 Å². The molecule has 0 aromatic carbocycles. The zero-order valence-electron chi connectivity index (χ0n) is 29.8. The molecule has 0 heterocycles. The molecule has 2 atom stereocenters. The lowest BCUT2D eigenvalue weighted by Crippen LogP contribution is -2.47. The third-order valence-corrected chi connectivity index (χ3v) is 8.16. The molecular formula is C38H68N2O7. The molecule has 0 aliphatic heterocycles. The molecule has 272 valence electrons. The molecule has 9 nitrogen and oxygen atoms in total. The maximum Gasteiger partial charge on any atom is 0.328 e. The minimum Gasteiger partial charge on any atom is -0.480 e. The Morgan fingerprint density at radius 1 is 0.638 bits per heavy atom. The summed E-state index contributed by atoms with van der Waals surface area (Å²) in [7, 11) is 0. The molecule has 0 aromatic heterocycles. The van der Waals surface area contributed by atoms with E-state index in [1.807, 2.05) is 6.08 Å². The molecule has 0 fully saturated rings. The average Bonchev–Trinajstić information content (AvgIpc) is 3.05. The Bertz CT molecular complexity index is 859. The summed E-state index contributed by atoms with van der Waals surface area (Å²) in [6.45, 7) is 3.39. The standard InChI is InChI=1S/C38H68N2O7/c1-3-5-7-9-11-12-13-14-15-16-17-18-20-26-30-37(44)47-33(27-23-19-10-8-6-4-2)28-24-21-22-25-29-35(42)39-31-36(43)40-34(32-41)38(45)46/h13-14,23,27,33-34,41H,3-12,15-22,24-26,28-32H2,1-2H3,(H,39,42)(H,40,43)(H,45,46)/b14-13-,27-23-. The van der Waals surface area contributed by atoms with Gasteiger partial charge in [0.05, 0.1) is 13.2 Å². The van der Waals surface area contributed by atoms with Gasteiger partial charge < -0.3 is 25.6 Å². The normalized spacial score (nSPS) is 12.7. The van der Waals surface area contributed by atoms with E-state index in [1.165, 1.54) is 70.6 Å². The van der Waals surface area contributed by atoms with Crippen LogP contribution in [0.15, 0.2) is 24.3 Å². The molecule has 4 N–H and O–H groups in total. The van der Waals surface area contributed by atoms with Crippen molar-refractivity contribution in [2.45, 2.75) is 180 Å². The van der Waals surface area contributed by atoms with Gasteiger partial charge in [-0.15, -0.1) is 0 Å². The van der Waals surface area contributed by atoms with Gasteiger partial charge in [0, 0.05) is 12.8 Å². The van der Waals surface area contributed by atoms with Gasteiger partial charge in [-0.05, 0) is 70.3 Å². The number of amides is 2. The average molecular weight is 665 g/mol. The monoisotopic (exact) mass is 665 g/mol. The summed E-state index contributed by atoms with van der Waals surface area (Å²) in [5, 5.41) is 22.4. The number of aliphatic hydroxyl groups is 1. The van der Waals surface area contributed by atoms with E-state index in [1.54, 1.807) is 0 Å². The van der Waals surface area contributed by atoms with Gasteiger partial charge in [0.25, 0.3) is 0 Å². The molecule has 0 bridgehead atoms. The third-order valence-electron chi connectivity index (χ3n) is 8.16. The van der Waals surface area contributed by atoms with E-state index < -0.39 is 24.5 Å². The number of nitrogens with one attached hydrogen (secondary N) is 2. The van der Waals surface area contributed by atoms with E-state index >= 15 is 0 Å². The minimum absolute atomic E-state index is 0.123. The van der Waals surface area contributed by atoms with E-state index in [4.69, 9.17) is 14.9 Å². The fourth-order valence-corrected chi connectivity index (χ4v) is 5.21. The highest BCUT2D eigenvalue weighted by molar-refractivity contribution is 5.87. The predicted octanol–water partition coefficient (Wildman–Crippen LogP) is 8.09. The molecule has 0 aliphatic carbocycles. The van der Waals surface area contributed by atoms with Gasteiger partial charge in [-0.25, -0.2) is 4.79 Å². The Hall–Kier alpha value is -2.68. The summed E-state index contributed by atoms with van der Waals surface area (Å²) in [5.41, 5.74) is 0. The fourth-order valence-electron chi connectivity index (χ4n) is 5.21. The third kappa shape index (κ3) is 30.4. The van der Waals surface area contributed by atoms with Crippen molar-refractivity contribution < 1.29 is 34.1 Å². The first kappa shape index (κ1) is 44.3. The van der Waals surface area contributed by atoms with Crippen molar-refractivity contribution in [1.82, 2.24) is 10.6 Å². The summed E-state index contributed by atoms with van der Waals surface area (Å²) in [5.74, 6) is -2.41. The van der Waals surface area contributed by atoms with Crippen LogP contribution >= 0.6 is 0 Å². The van der Waals surface area contributed by atoms with Crippen LogP contribution in [-0.2, 0) is 23.9 Å². The van der Waals surface area contributed by atoms with Crippen LogP contribution in [-0.4, -0.2) is 59.3 Å². The second kappa shape index (κ2) is 33.2. The predicted molar refractivity (Wildman–Crippen MR) is 190 cm³/mol. The molecule has 0 saturated heterocycles. The number of carbonyl (C=O) groups excluding carboxylic acids is 3. The van der Waals surface area contributed by atoms with E-state index in [2.05, 4.69) is 42.7 Å².